The molecule has 1 saturated heterocycles. The number of carbonyl (C=O) groups excluding carboxylic acids is 1. The quantitative estimate of drug-likeness (QED) is 0.620. The highest BCUT2D eigenvalue weighted by molar-refractivity contribution is 7.17. The van der Waals surface area contributed by atoms with Gasteiger partial charge in [0.25, 0.3) is 5.91 Å². The van der Waals surface area contributed by atoms with Crippen molar-refractivity contribution in [2.24, 2.45) is 5.92 Å². The molecule has 28 heavy (non-hydrogen) atoms. The maximum atomic E-state index is 13.0. The third-order valence-corrected chi connectivity index (χ3v) is 5.78. The standard InChI is InChI=1S/C20H21N3O2S.2ClH/c1-13-12-21-10-9-15(13)22-19(24)18-17(14-6-3-2-4-7-14)23-20(26-18)16-8-5-11-25-16;;/h2-8,11,13,15,21H,9-10,12H2,1H3,(H,22,24);2*1H. The predicted octanol–water partition coefficient (Wildman–Crippen LogP) is 4.64. The molecule has 0 bridgehead atoms. The van der Waals surface area contributed by atoms with Gasteiger partial charge in [-0.1, -0.05) is 37.3 Å². The molecule has 0 radical (unpaired) electrons. The Morgan fingerprint density at radius 2 is 2.00 bits per heavy atom. The molecule has 2 unspecified atom stereocenters. The van der Waals surface area contributed by atoms with Crippen molar-refractivity contribution in [1.82, 2.24) is 15.6 Å². The van der Waals surface area contributed by atoms with Crippen molar-refractivity contribution in [3.8, 4) is 22.0 Å². The smallest absolute Gasteiger partial charge is 0.263 e. The second-order valence-corrected chi connectivity index (χ2v) is 7.59. The number of rotatable bonds is 4. The van der Waals surface area contributed by atoms with E-state index in [2.05, 4.69) is 17.6 Å². The lowest BCUT2D eigenvalue weighted by molar-refractivity contribution is 0.0919. The average molecular weight is 440 g/mol. The number of furan rings is 1. The van der Waals surface area contributed by atoms with Crippen LogP contribution >= 0.6 is 36.2 Å². The maximum Gasteiger partial charge on any atom is 0.263 e. The van der Waals surface area contributed by atoms with Crippen LogP contribution in [0.3, 0.4) is 0 Å². The van der Waals surface area contributed by atoms with Crippen LogP contribution in [0.1, 0.15) is 23.0 Å². The van der Waals surface area contributed by atoms with Gasteiger partial charge in [-0.15, -0.1) is 36.2 Å². The Bertz CT molecular complexity index is 884. The molecule has 1 aliphatic rings. The van der Waals surface area contributed by atoms with Crippen LogP contribution < -0.4 is 10.6 Å². The molecule has 1 aromatic carbocycles. The summed E-state index contributed by atoms with van der Waals surface area (Å²) >= 11 is 1.38. The Labute approximate surface area is 180 Å². The van der Waals surface area contributed by atoms with Gasteiger partial charge >= 0.3 is 0 Å². The molecule has 3 aromatic rings. The lowest BCUT2D eigenvalue weighted by Gasteiger charge is -2.30. The zero-order chi connectivity index (χ0) is 17.9. The second kappa shape index (κ2) is 10.1. The Hall–Kier alpha value is -1.86. The number of nitrogens with one attached hydrogen (secondary N) is 2. The number of hydrogen-bond acceptors (Lipinski definition) is 5. The summed E-state index contributed by atoms with van der Waals surface area (Å²) in [5.41, 5.74) is 1.64. The minimum Gasteiger partial charge on any atom is -0.462 e. The topological polar surface area (TPSA) is 67.2 Å². The van der Waals surface area contributed by atoms with Crippen LogP contribution in [-0.2, 0) is 0 Å². The van der Waals surface area contributed by atoms with Crippen molar-refractivity contribution in [3.63, 3.8) is 0 Å². The first kappa shape index (κ1) is 22.4. The lowest BCUT2D eigenvalue weighted by atomic mass is 9.95. The lowest BCUT2D eigenvalue weighted by Crippen LogP contribution is -2.48. The summed E-state index contributed by atoms with van der Waals surface area (Å²) in [5, 5.41) is 7.30. The Kier molecular flexibility index (Phi) is 8.07. The van der Waals surface area contributed by atoms with E-state index in [-0.39, 0.29) is 36.8 Å². The predicted molar refractivity (Wildman–Crippen MR) is 118 cm³/mol. The minimum absolute atomic E-state index is 0. The molecule has 3 heterocycles. The summed E-state index contributed by atoms with van der Waals surface area (Å²) in [6.45, 7) is 4.02. The van der Waals surface area contributed by atoms with E-state index in [1.807, 2.05) is 42.5 Å². The molecule has 5 nitrogen and oxygen atoms in total. The SMILES string of the molecule is CC1CNCCC1NC(=O)c1sc(-c2ccco2)nc1-c1ccccc1.Cl.Cl. The number of halogens is 2. The summed E-state index contributed by atoms with van der Waals surface area (Å²) < 4.78 is 5.48. The van der Waals surface area contributed by atoms with Gasteiger partial charge < -0.3 is 15.1 Å². The fourth-order valence-electron chi connectivity index (χ4n) is 3.23. The van der Waals surface area contributed by atoms with E-state index in [9.17, 15) is 4.79 Å². The highest BCUT2D eigenvalue weighted by Crippen LogP contribution is 2.34. The molecule has 150 valence electrons. The zero-order valence-corrected chi connectivity index (χ0v) is 17.8. The zero-order valence-electron chi connectivity index (χ0n) is 15.4. The largest absolute Gasteiger partial charge is 0.462 e. The van der Waals surface area contributed by atoms with E-state index in [0.717, 1.165) is 30.1 Å². The van der Waals surface area contributed by atoms with Crippen LogP contribution in [0.2, 0.25) is 0 Å². The molecule has 1 amide bonds. The van der Waals surface area contributed by atoms with Gasteiger partial charge in [0, 0.05) is 11.6 Å². The molecule has 1 aliphatic heterocycles. The summed E-state index contributed by atoms with van der Waals surface area (Å²) in [6.07, 6.45) is 2.56. The number of amides is 1. The first-order chi connectivity index (χ1) is 12.7. The number of piperidine rings is 1. The highest BCUT2D eigenvalue weighted by Gasteiger charge is 2.26. The molecule has 0 saturated carbocycles. The summed E-state index contributed by atoms with van der Waals surface area (Å²) in [6, 6.07) is 13.7. The van der Waals surface area contributed by atoms with Crippen molar-refractivity contribution < 1.29 is 9.21 Å². The normalized spacial score (nSPS) is 18.6. The van der Waals surface area contributed by atoms with Gasteiger partial charge in [-0.25, -0.2) is 4.98 Å². The van der Waals surface area contributed by atoms with Gasteiger partial charge in [0.2, 0.25) is 0 Å². The van der Waals surface area contributed by atoms with E-state index < -0.39 is 0 Å². The molecule has 8 heteroatoms. The molecular formula is C20H23Cl2N3O2S. The number of hydrogen-bond donors (Lipinski definition) is 2. The van der Waals surface area contributed by atoms with Crippen LogP contribution in [0.5, 0.6) is 0 Å². The molecule has 2 atom stereocenters. The first-order valence-electron chi connectivity index (χ1n) is 8.84. The van der Waals surface area contributed by atoms with Crippen molar-refractivity contribution in [2.45, 2.75) is 19.4 Å². The van der Waals surface area contributed by atoms with Crippen molar-refractivity contribution in [2.75, 3.05) is 13.1 Å². The van der Waals surface area contributed by atoms with Gasteiger partial charge in [-0.05, 0) is 37.6 Å². The van der Waals surface area contributed by atoms with E-state index in [0.29, 0.717) is 22.2 Å². The van der Waals surface area contributed by atoms with Crippen LogP contribution in [0.15, 0.2) is 53.1 Å². The van der Waals surface area contributed by atoms with Gasteiger partial charge in [0.15, 0.2) is 10.8 Å². The van der Waals surface area contributed by atoms with Crippen LogP contribution in [-0.4, -0.2) is 30.0 Å². The third-order valence-electron chi connectivity index (χ3n) is 4.71. The number of carbonyl (C=O) groups is 1. The maximum absolute atomic E-state index is 13.0. The third kappa shape index (κ3) is 4.75. The summed E-state index contributed by atoms with van der Waals surface area (Å²) in [5.74, 6) is 1.03. The van der Waals surface area contributed by atoms with Gasteiger partial charge in [-0.2, -0.15) is 0 Å². The second-order valence-electron chi connectivity index (χ2n) is 6.59. The van der Waals surface area contributed by atoms with Crippen LogP contribution in [0, 0.1) is 5.92 Å². The molecule has 4 rings (SSSR count). The summed E-state index contributed by atoms with van der Waals surface area (Å²) in [4.78, 5) is 18.4. The van der Waals surface area contributed by atoms with Crippen molar-refractivity contribution >= 4 is 42.1 Å². The number of benzene rings is 1. The monoisotopic (exact) mass is 439 g/mol. The van der Waals surface area contributed by atoms with E-state index in [4.69, 9.17) is 9.40 Å². The summed E-state index contributed by atoms with van der Waals surface area (Å²) in [7, 11) is 0. The number of nitrogens with zero attached hydrogens (tertiary/aromatic N) is 1. The number of aromatic nitrogens is 1. The Balaban J connectivity index is 0.00000140. The Morgan fingerprint density at radius 1 is 1.21 bits per heavy atom. The minimum atomic E-state index is -0.0575. The average Bonchev–Trinajstić information content (AvgIpc) is 3.34. The van der Waals surface area contributed by atoms with Crippen molar-refractivity contribution in [1.29, 1.82) is 0 Å². The van der Waals surface area contributed by atoms with E-state index in [1.54, 1.807) is 6.26 Å². The van der Waals surface area contributed by atoms with Gasteiger partial charge in [-0.3, -0.25) is 4.79 Å². The molecule has 2 aromatic heterocycles. The van der Waals surface area contributed by atoms with Crippen LogP contribution in [0.4, 0.5) is 0 Å². The number of thiazole rings is 1. The molecule has 0 spiro atoms. The fourth-order valence-corrected chi connectivity index (χ4v) is 4.19. The highest BCUT2D eigenvalue weighted by atomic mass is 35.5. The molecular weight excluding hydrogens is 417 g/mol. The van der Waals surface area contributed by atoms with Crippen LogP contribution in [0.25, 0.3) is 22.0 Å². The van der Waals surface area contributed by atoms with Crippen molar-refractivity contribution in [3.05, 3.63) is 53.6 Å². The van der Waals surface area contributed by atoms with Gasteiger partial charge in [0.1, 0.15) is 4.88 Å². The van der Waals surface area contributed by atoms with E-state index >= 15 is 0 Å². The first-order valence-corrected chi connectivity index (χ1v) is 9.65. The molecule has 0 aliphatic carbocycles. The van der Waals surface area contributed by atoms with Gasteiger partial charge in [0.05, 0.1) is 12.0 Å². The Morgan fingerprint density at radius 3 is 2.68 bits per heavy atom. The molecule has 2 N–H and O–H groups in total. The fraction of sp³-hybridized carbons (Fsp3) is 0.300. The molecule has 1 fully saturated rings. The van der Waals surface area contributed by atoms with E-state index in [1.165, 1.54) is 11.3 Å².